The number of ether oxygens (including phenoxy) is 2. The number of hydrogen-bond acceptors (Lipinski definition) is 6. The minimum Gasteiger partial charge on any atom is -0.480 e. The van der Waals surface area contributed by atoms with Crippen LogP contribution in [0.5, 0.6) is 0 Å². The lowest BCUT2D eigenvalue weighted by Crippen LogP contribution is -2.41. The van der Waals surface area contributed by atoms with Crippen LogP contribution in [0.4, 0.5) is 0 Å². The quantitative estimate of drug-likeness (QED) is 0.626. The van der Waals surface area contributed by atoms with Crippen molar-refractivity contribution in [3.05, 3.63) is 34.9 Å². The van der Waals surface area contributed by atoms with E-state index in [1.165, 1.54) is 25.3 Å². The van der Waals surface area contributed by atoms with Crippen LogP contribution in [0.2, 0.25) is 0 Å². The Morgan fingerprint density at radius 2 is 2.07 bits per heavy atom. The van der Waals surface area contributed by atoms with Gasteiger partial charge in [0.25, 0.3) is 17.7 Å². The minimum absolute atomic E-state index is 0.106. The summed E-state index contributed by atoms with van der Waals surface area (Å²) in [6, 6.07) is 3.04. The molecule has 2 unspecified atom stereocenters. The monoisotopic (exact) mass is 390 g/mol. The number of imide groups is 1. The number of carbonyl (C=O) groups excluding carboxylic acids is 3. The number of methoxy groups -OCH3 is 1. The summed E-state index contributed by atoms with van der Waals surface area (Å²) in [4.78, 5) is 50.0. The second-order valence-corrected chi connectivity index (χ2v) is 6.76. The summed E-state index contributed by atoms with van der Waals surface area (Å²) >= 11 is 0. The average molecular weight is 390 g/mol. The number of nitrogens with zero attached hydrogens (tertiary/aromatic N) is 1. The van der Waals surface area contributed by atoms with Crippen LogP contribution in [0.3, 0.4) is 0 Å². The molecule has 28 heavy (non-hydrogen) atoms. The second-order valence-electron chi connectivity index (χ2n) is 6.76. The molecule has 1 aromatic carbocycles. The molecular formula is C19H22N2O7. The molecule has 2 N–H and O–H groups in total. The number of rotatable bonds is 8. The summed E-state index contributed by atoms with van der Waals surface area (Å²) in [5.74, 6) is -2.70. The summed E-state index contributed by atoms with van der Waals surface area (Å²) in [6.45, 7) is 0.977. The molecule has 150 valence electrons. The number of amides is 3. The number of carboxylic acid groups (broad SMARTS) is 1. The van der Waals surface area contributed by atoms with Crippen molar-refractivity contribution in [3.8, 4) is 0 Å². The standard InChI is InChI=1S/C19H22N2O7/c1-27-8-6-15(19(25)26)20-16(22)11-4-5-13-14(9-11)18(24)21(17(13)23)10-12-3-2-7-28-12/h4-5,9,12,15H,2-3,6-8,10H2,1H3,(H,20,22)(H,25,26). The third-order valence-electron chi connectivity index (χ3n) is 4.86. The SMILES string of the molecule is COCCC(NC(=O)c1ccc2c(c1)C(=O)N(CC1CCCO1)C2=O)C(=O)O. The summed E-state index contributed by atoms with van der Waals surface area (Å²) in [6.07, 6.45) is 1.63. The van der Waals surface area contributed by atoms with Gasteiger partial charge in [-0.15, -0.1) is 0 Å². The fraction of sp³-hybridized carbons (Fsp3) is 0.474. The van der Waals surface area contributed by atoms with Crippen molar-refractivity contribution in [3.63, 3.8) is 0 Å². The van der Waals surface area contributed by atoms with Crippen molar-refractivity contribution in [2.75, 3.05) is 26.9 Å². The van der Waals surface area contributed by atoms with Crippen LogP contribution in [-0.2, 0) is 14.3 Å². The molecule has 0 aromatic heterocycles. The van der Waals surface area contributed by atoms with E-state index in [0.29, 0.717) is 6.61 Å². The van der Waals surface area contributed by atoms with E-state index in [1.54, 1.807) is 0 Å². The van der Waals surface area contributed by atoms with Gasteiger partial charge in [-0.3, -0.25) is 19.3 Å². The Kier molecular flexibility index (Phi) is 6.05. The third kappa shape index (κ3) is 4.05. The van der Waals surface area contributed by atoms with Gasteiger partial charge < -0.3 is 19.9 Å². The summed E-state index contributed by atoms with van der Waals surface area (Å²) in [5, 5.41) is 11.6. The Morgan fingerprint density at radius 1 is 1.32 bits per heavy atom. The first-order valence-corrected chi connectivity index (χ1v) is 9.06. The lowest BCUT2D eigenvalue weighted by Gasteiger charge is -2.17. The summed E-state index contributed by atoms with van der Waals surface area (Å²) < 4.78 is 10.3. The number of benzene rings is 1. The molecule has 9 nitrogen and oxygen atoms in total. The van der Waals surface area contributed by atoms with Crippen molar-refractivity contribution >= 4 is 23.7 Å². The lowest BCUT2D eigenvalue weighted by molar-refractivity contribution is -0.139. The van der Waals surface area contributed by atoms with Gasteiger partial charge in [0.2, 0.25) is 0 Å². The third-order valence-corrected chi connectivity index (χ3v) is 4.86. The molecule has 2 aliphatic heterocycles. The first-order valence-electron chi connectivity index (χ1n) is 9.06. The number of nitrogens with one attached hydrogen (secondary N) is 1. The van der Waals surface area contributed by atoms with Gasteiger partial charge >= 0.3 is 5.97 Å². The van der Waals surface area contributed by atoms with E-state index in [9.17, 15) is 24.3 Å². The Hall–Kier alpha value is -2.78. The van der Waals surface area contributed by atoms with E-state index in [-0.39, 0.29) is 42.4 Å². The zero-order valence-corrected chi connectivity index (χ0v) is 15.5. The van der Waals surface area contributed by atoms with Crippen LogP contribution in [-0.4, -0.2) is 72.7 Å². The molecule has 1 aromatic rings. The predicted octanol–water partition coefficient (Wildman–Crippen LogP) is 0.681. The molecule has 0 spiro atoms. The molecule has 2 aliphatic rings. The Balaban J connectivity index is 1.74. The maximum absolute atomic E-state index is 12.6. The largest absolute Gasteiger partial charge is 0.480 e. The Labute approximate surface area is 161 Å². The summed E-state index contributed by atoms with van der Waals surface area (Å²) in [5.41, 5.74) is 0.482. The Morgan fingerprint density at radius 3 is 2.71 bits per heavy atom. The van der Waals surface area contributed by atoms with E-state index in [1.807, 2.05) is 0 Å². The molecule has 3 rings (SSSR count). The van der Waals surface area contributed by atoms with Crippen LogP contribution in [0.15, 0.2) is 18.2 Å². The normalized spacial score (nSPS) is 19.6. The highest BCUT2D eigenvalue weighted by Crippen LogP contribution is 2.26. The zero-order valence-electron chi connectivity index (χ0n) is 15.5. The van der Waals surface area contributed by atoms with Crippen LogP contribution < -0.4 is 5.32 Å². The van der Waals surface area contributed by atoms with Crippen molar-refractivity contribution in [2.24, 2.45) is 0 Å². The molecule has 1 saturated heterocycles. The fourth-order valence-corrected chi connectivity index (χ4v) is 3.32. The van der Waals surface area contributed by atoms with E-state index < -0.39 is 29.7 Å². The molecule has 0 saturated carbocycles. The molecule has 9 heteroatoms. The summed E-state index contributed by atoms with van der Waals surface area (Å²) in [7, 11) is 1.44. The van der Waals surface area contributed by atoms with Gasteiger partial charge in [0, 0.05) is 32.3 Å². The van der Waals surface area contributed by atoms with Crippen LogP contribution >= 0.6 is 0 Å². The van der Waals surface area contributed by atoms with Gasteiger partial charge in [0.15, 0.2) is 0 Å². The number of hydrogen-bond donors (Lipinski definition) is 2. The van der Waals surface area contributed by atoms with E-state index in [2.05, 4.69) is 5.32 Å². The van der Waals surface area contributed by atoms with Crippen molar-refractivity contribution in [1.82, 2.24) is 10.2 Å². The topological polar surface area (TPSA) is 122 Å². The van der Waals surface area contributed by atoms with Crippen molar-refractivity contribution < 1.29 is 33.8 Å². The van der Waals surface area contributed by atoms with Crippen LogP contribution in [0.1, 0.15) is 50.3 Å². The fourth-order valence-electron chi connectivity index (χ4n) is 3.32. The maximum Gasteiger partial charge on any atom is 0.326 e. The highest BCUT2D eigenvalue weighted by molar-refractivity contribution is 6.22. The minimum atomic E-state index is -1.18. The zero-order chi connectivity index (χ0) is 20.3. The molecule has 3 amide bonds. The number of fused-ring (bicyclic) bond motifs is 1. The number of aliphatic carboxylic acids is 1. The van der Waals surface area contributed by atoms with E-state index >= 15 is 0 Å². The van der Waals surface area contributed by atoms with Gasteiger partial charge in [0.1, 0.15) is 6.04 Å². The second kappa shape index (κ2) is 8.49. The smallest absolute Gasteiger partial charge is 0.326 e. The van der Waals surface area contributed by atoms with Gasteiger partial charge in [0.05, 0.1) is 23.8 Å². The molecule has 0 bridgehead atoms. The van der Waals surface area contributed by atoms with Crippen molar-refractivity contribution in [2.45, 2.75) is 31.4 Å². The molecule has 0 aliphatic carbocycles. The first-order chi connectivity index (χ1) is 13.4. The number of carboxylic acids is 1. The van der Waals surface area contributed by atoms with Crippen LogP contribution in [0.25, 0.3) is 0 Å². The average Bonchev–Trinajstić information content (AvgIpc) is 3.27. The van der Waals surface area contributed by atoms with Gasteiger partial charge in [-0.25, -0.2) is 4.79 Å². The van der Waals surface area contributed by atoms with Gasteiger partial charge in [-0.05, 0) is 31.0 Å². The molecular weight excluding hydrogens is 368 g/mol. The maximum atomic E-state index is 12.6. The predicted molar refractivity (Wildman–Crippen MR) is 96.2 cm³/mol. The highest BCUT2D eigenvalue weighted by Gasteiger charge is 2.38. The Bertz CT molecular complexity index is 801. The van der Waals surface area contributed by atoms with Gasteiger partial charge in [-0.2, -0.15) is 0 Å². The van der Waals surface area contributed by atoms with Gasteiger partial charge in [-0.1, -0.05) is 0 Å². The van der Waals surface area contributed by atoms with Crippen molar-refractivity contribution in [1.29, 1.82) is 0 Å². The molecule has 1 fully saturated rings. The number of carbonyl (C=O) groups is 4. The molecule has 2 heterocycles. The van der Waals surface area contributed by atoms with Crippen LogP contribution in [0, 0.1) is 0 Å². The molecule has 2 atom stereocenters. The molecule has 0 radical (unpaired) electrons. The highest BCUT2D eigenvalue weighted by atomic mass is 16.5. The van der Waals surface area contributed by atoms with E-state index in [0.717, 1.165) is 17.7 Å². The van der Waals surface area contributed by atoms with E-state index in [4.69, 9.17) is 9.47 Å². The lowest BCUT2D eigenvalue weighted by atomic mass is 10.0. The first kappa shape index (κ1) is 20.0.